The Morgan fingerprint density at radius 1 is 1.50 bits per heavy atom. The molecule has 1 unspecified atom stereocenters. The van der Waals surface area contributed by atoms with Crippen molar-refractivity contribution in [2.24, 2.45) is 0 Å². The van der Waals surface area contributed by atoms with E-state index in [2.05, 4.69) is 10.3 Å². The third-order valence-electron chi connectivity index (χ3n) is 3.39. The number of rotatable bonds is 4. The van der Waals surface area contributed by atoms with E-state index >= 15 is 0 Å². The zero-order chi connectivity index (χ0) is 14.5. The maximum absolute atomic E-state index is 12.3. The number of carbonyl (C=O) groups is 2. The van der Waals surface area contributed by atoms with E-state index in [0.29, 0.717) is 30.9 Å². The molecular formula is C14H20N4O2. The lowest BCUT2D eigenvalue weighted by atomic mass is 10.2. The first-order valence-electron chi connectivity index (χ1n) is 6.93. The van der Waals surface area contributed by atoms with E-state index in [1.54, 1.807) is 17.0 Å². The van der Waals surface area contributed by atoms with Crippen molar-refractivity contribution in [3.05, 3.63) is 18.3 Å². The second-order valence-corrected chi connectivity index (χ2v) is 4.96. The van der Waals surface area contributed by atoms with E-state index in [0.717, 1.165) is 12.8 Å². The van der Waals surface area contributed by atoms with E-state index in [-0.39, 0.29) is 17.9 Å². The smallest absolute Gasteiger partial charge is 0.247 e. The van der Waals surface area contributed by atoms with Gasteiger partial charge in [0.1, 0.15) is 11.9 Å². The van der Waals surface area contributed by atoms with Gasteiger partial charge >= 0.3 is 0 Å². The number of pyridine rings is 1. The van der Waals surface area contributed by atoms with Crippen molar-refractivity contribution in [3.63, 3.8) is 0 Å². The number of anilines is 2. The minimum Gasteiger partial charge on any atom is -0.384 e. The Bertz CT molecular complexity index is 486. The summed E-state index contributed by atoms with van der Waals surface area (Å²) in [4.78, 5) is 29.8. The van der Waals surface area contributed by atoms with Crippen molar-refractivity contribution in [2.75, 3.05) is 17.6 Å². The van der Waals surface area contributed by atoms with Crippen LogP contribution in [0.15, 0.2) is 18.3 Å². The van der Waals surface area contributed by atoms with Crippen LogP contribution in [-0.4, -0.2) is 34.3 Å². The summed E-state index contributed by atoms with van der Waals surface area (Å²) in [5.41, 5.74) is 6.09. The maximum atomic E-state index is 12.3. The van der Waals surface area contributed by atoms with Gasteiger partial charge in [0.25, 0.3) is 0 Å². The Kier molecular flexibility index (Phi) is 4.55. The van der Waals surface area contributed by atoms with Gasteiger partial charge in [0.05, 0.1) is 11.9 Å². The molecule has 1 aromatic rings. The molecule has 0 saturated carbocycles. The summed E-state index contributed by atoms with van der Waals surface area (Å²) in [6, 6.07) is 2.96. The van der Waals surface area contributed by atoms with Crippen LogP contribution in [0.4, 0.5) is 11.5 Å². The molecule has 6 heteroatoms. The predicted molar refractivity (Wildman–Crippen MR) is 76.9 cm³/mol. The largest absolute Gasteiger partial charge is 0.384 e. The number of likely N-dealkylation sites (tertiary alicyclic amines) is 1. The standard InChI is InChI=1S/C14H20N4O2/c1-2-4-13(19)18-8-3-5-11(18)14(20)17-10-6-7-12(15)16-9-10/h6-7,9,11H,2-5,8H2,1H3,(H2,15,16)(H,17,20). The topological polar surface area (TPSA) is 88.3 Å². The highest BCUT2D eigenvalue weighted by Crippen LogP contribution is 2.20. The number of carbonyl (C=O) groups excluding carboxylic acids is 2. The van der Waals surface area contributed by atoms with Crippen LogP contribution in [0.5, 0.6) is 0 Å². The molecule has 0 aliphatic carbocycles. The second-order valence-electron chi connectivity index (χ2n) is 4.96. The SMILES string of the molecule is CCCC(=O)N1CCCC1C(=O)Nc1ccc(N)nc1. The highest BCUT2D eigenvalue weighted by molar-refractivity contribution is 5.97. The lowest BCUT2D eigenvalue weighted by Gasteiger charge is -2.23. The van der Waals surface area contributed by atoms with Gasteiger partial charge < -0.3 is 16.0 Å². The summed E-state index contributed by atoms with van der Waals surface area (Å²) in [7, 11) is 0. The Labute approximate surface area is 118 Å². The number of nitrogens with zero attached hydrogens (tertiary/aromatic N) is 2. The molecule has 0 aromatic carbocycles. The molecule has 2 amide bonds. The van der Waals surface area contributed by atoms with Crippen molar-refractivity contribution in [3.8, 4) is 0 Å². The Hall–Kier alpha value is -2.11. The molecule has 1 aliphatic heterocycles. The fraction of sp³-hybridized carbons (Fsp3) is 0.500. The van der Waals surface area contributed by atoms with E-state index in [1.165, 1.54) is 6.20 Å². The van der Waals surface area contributed by atoms with E-state index in [9.17, 15) is 9.59 Å². The fourth-order valence-corrected chi connectivity index (χ4v) is 2.40. The Balaban J connectivity index is 2.00. The summed E-state index contributed by atoms with van der Waals surface area (Å²) in [6.07, 6.45) is 4.39. The van der Waals surface area contributed by atoms with E-state index < -0.39 is 0 Å². The summed E-state index contributed by atoms with van der Waals surface area (Å²) >= 11 is 0. The number of nitrogen functional groups attached to an aromatic ring is 1. The van der Waals surface area contributed by atoms with Gasteiger partial charge in [0.15, 0.2) is 0 Å². The van der Waals surface area contributed by atoms with Crippen molar-refractivity contribution >= 4 is 23.3 Å². The van der Waals surface area contributed by atoms with Crippen LogP contribution < -0.4 is 11.1 Å². The first-order chi connectivity index (χ1) is 9.61. The number of hydrogen-bond donors (Lipinski definition) is 2. The van der Waals surface area contributed by atoms with Crippen LogP contribution in [-0.2, 0) is 9.59 Å². The molecule has 1 fully saturated rings. The third kappa shape index (κ3) is 3.26. The Morgan fingerprint density at radius 2 is 2.30 bits per heavy atom. The summed E-state index contributed by atoms with van der Waals surface area (Å²) in [5.74, 6) is 0.308. The molecule has 0 radical (unpaired) electrons. The van der Waals surface area contributed by atoms with Gasteiger partial charge in [-0.25, -0.2) is 4.98 Å². The third-order valence-corrected chi connectivity index (χ3v) is 3.39. The zero-order valence-corrected chi connectivity index (χ0v) is 11.6. The van der Waals surface area contributed by atoms with Crippen LogP contribution in [0.3, 0.4) is 0 Å². The van der Waals surface area contributed by atoms with E-state index in [4.69, 9.17) is 5.73 Å². The molecule has 108 valence electrons. The van der Waals surface area contributed by atoms with Crippen LogP contribution in [0.25, 0.3) is 0 Å². The number of nitrogens with one attached hydrogen (secondary N) is 1. The van der Waals surface area contributed by atoms with Gasteiger partial charge in [-0.2, -0.15) is 0 Å². The monoisotopic (exact) mass is 276 g/mol. The molecular weight excluding hydrogens is 256 g/mol. The molecule has 20 heavy (non-hydrogen) atoms. The van der Waals surface area contributed by atoms with Gasteiger partial charge in [-0.1, -0.05) is 6.92 Å². The minimum atomic E-state index is -0.369. The number of hydrogen-bond acceptors (Lipinski definition) is 4. The van der Waals surface area contributed by atoms with Crippen molar-refractivity contribution in [2.45, 2.75) is 38.6 Å². The van der Waals surface area contributed by atoms with Crippen molar-refractivity contribution in [1.29, 1.82) is 0 Å². The van der Waals surface area contributed by atoms with Crippen LogP contribution in [0.1, 0.15) is 32.6 Å². The highest BCUT2D eigenvalue weighted by atomic mass is 16.2. The molecule has 1 aromatic heterocycles. The molecule has 0 bridgehead atoms. The normalized spacial score (nSPS) is 18.1. The van der Waals surface area contributed by atoms with Gasteiger partial charge in [-0.15, -0.1) is 0 Å². The van der Waals surface area contributed by atoms with Gasteiger partial charge in [-0.05, 0) is 31.4 Å². The second kappa shape index (κ2) is 6.36. The average Bonchev–Trinajstić information content (AvgIpc) is 2.91. The van der Waals surface area contributed by atoms with Crippen LogP contribution in [0, 0.1) is 0 Å². The number of amides is 2. The lowest BCUT2D eigenvalue weighted by molar-refractivity contribution is -0.136. The molecule has 2 heterocycles. The summed E-state index contributed by atoms with van der Waals surface area (Å²) in [5, 5.41) is 2.79. The van der Waals surface area contributed by atoms with Gasteiger partial charge in [0.2, 0.25) is 11.8 Å². The molecule has 0 spiro atoms. The highest BCUT2D eigenvalue weighted by Gasteiger charge is 2.33. The summed E-state index contributed by atoms with van der Waals surface area (Å²) < 4.78 is 0. The van der Waals surface area contributed by atoms with E-state index in [1.807, 2.05) is 6.92 Å². The zero-order valence-electron chi connectivity index (χ0n) is 11.6. The molecule has 6 nitrogen and oxygen atoms in total. The Morgan fingerprint density at radius 3 is 2.95 bits per heavy atom. The first kappa shape index (κ1) is 14.3. The number of nitrogens with two attached hydrogens (primary N) is 1. The van der Waals surface area contributed by atoms with Gasteiger partial charge in [0, 0.05) is 13.0 Å². The first-order valence-corrected chi connectivity index (χ1v) is 6.93. The van der Waals surface area contributed by atoms with Crippen molar-refractivity contribution < 1.29 is 9.59 Å². The number of aromatic nitrogens is 1. The van der Waals surface area contributed by atoms with Crippen molar-refractivity contribution in [1.82, 2.24) is 9.88 Å². The fourth-order valence-electron chi connectivity index (χ4n) is 2.40. The minimum absolute atomic E-state index is 0.0561. The maximum Gasteiger partial charge on any atom is 0.247 e. The predicted octanol–water partition coefficient (Wildman–Crippen LogP) is 1.39. The quantitative estimate of drug-likeness (QED) is 0.870. The molecule has 1 aliphatic rings. The van der Waals surface area contributed by atoms with Gasteiger partial charge in [-0.3, -0.25) is 9.59 Å². The molecule has 2 rings (SSSR count). The average molecular weight is 276 g/mol. The molecule has 1 saturated heterocycles. The van der Waals surface area contributed by atoms with Crippen LogP contribution in [0.2, 0.25) is 0 Å². The summed E-state index contributed by atoms with van der Waals surface area (Å²) in [6.45, 7) is 2.62. The molecule has 1 atom stereocenters. The van der Waals surface area contributed by atoms with Crippen LogP contribution >= 0.6 is 0 Å². The molecule has 3 N–H and O–H groups in total. The lowest BCUT2D eigenvalue weighted by Crippen LogP contribution is -2.43.